The monoisotopic (exact) mass is 206 g/mol. The largest absolute Gasteiger partial charge is 0.481 e. The van der Waals surface area contributed by atoms with Crippen molar-refractivity contribution in [2.45, 2.75) is 38.3 Å². The van der Waals surface area contributed by atoms with Crippen molar-refractivity contribution in [3.05, 3.63) is 23.9 Å². The third-order valence-electron chi connectivity index (χ3n) is 2.99. The van der Waals surface area contributed by atoms with Crippen molar-refractivity contribution >= 4 is 0 Å². The van der Waals surface area contributed by atoms with Gasteiger partial charge in [0.1, 0.15) is 0 Å². The molecule has 2 heterocycles. The number of pyridine rings is 1. The average Bonchev–Trinajstić information content (AvgIpc) is 2.29. The van der Waals surface area contributed by atoms with E-state index in [2.05, 4.69) is 23.3 Å². The SMILES string of the molecule is COc1cc(C2CCCC(C)N2)ccn1. The number of nitrogens with one attached hydrogen (secondary N) is 1. The quantitative estimate of drug-likeness (QED) is 0.806. The van der Waals surface area contributed by atoms with Crippen molar-refractivity contribution in [3.8, 4) is 5.88 Å². The van der Waals surface area contributed by atoms with Crippen LogP contribution >= 0.6 is 0 Å². The van der Waals surface area contributed by atoms with Crippen molar-refractivity contribution in [2.75, 3.05) is 7.11 Å². The summed E-state index contributed by atoms with van der Waals surface area (Å²) >= 11 is 0. The fraction of sp³-hybridized carbons (Fsp3) is 0.583. The van der Waals surface area contributed by atoms with E-state index in [1.165, 1.54) is 24.8 Å². The first-order chi connectivity index (χ1) is 7.29. The Labute approximate surface area is 90.9 Å². The molecule has 2 rings (SSSR count). The summed E-state index contributed by atoms with van der Waals surface area (Å²) in [6.07, 6.45) is 5.59. The summed E-state index contributed by atoms with van der Waals surface area (Å²) in [5.41, 5.74) is 1.29. The Hall–Kier alpha value is -1.09. The molecule has 0 amide bonds. The lowest BCUT2D eigenvalue weighted by Crippen LogP contribution is -2.34. The highest BCUT2D eigenvalue weighted by atomic mass is 16.5. The van der Waals surface area contributed by atoms with Gasteiger partial charge in [0.05, 0.1) is 7.11 Å². The molecule has 1 N–H and O–H groups in total. The number of piperidine rings is 1. The van der Waals surface area contributed by atoms with E-state index in [0.717, 1.165) is 0 Å². The lowest BCUT2D eigenvalue weighted by molar-refractivity contribution is 0.339. The summed E-state index contributed by atoms with van der Waals surface area (Å²) < 4.78 is 5.13. The molecule has 1 aliphatic heterocycles. The minimum absolute atomic E-state index is 0.464. The second-order valence-electron chi connectivity index (χ2n) is 4.18. The zero-order chi connectivity index (χ0) is 10.7. The molecule has 1 fully saturated rings. The van der Waals surface area contributed by atoms with Crippen LogP contribution in [0.25, 0.3) is 0 Å². The van der Waals surface area contributed by atoms with Crippen LogP contribution in [0.3, 0.4) is 0 Å². The molecule has 0 bridgehead atoms. The predicted octanol–water partition coefficient (Wildman–Crippen LogP) is 2.29. The van der Waals surface area contributed by atoms with Gasteiger partial charge >= 0.3 is 0 Å². The van der Waals surface area contributed by atoms with Crippen LogP contribution in [0, 0.1) is 0 Å². The number of aromatic nitrogens is 1. The van der Waals surface area contributed by atoms with Gasteiger partial charge in [-0.25, -0.2) is 4.98 Å². The first-order valence-corrected chi connectivity index (χ1v) is 5.55. The van der Waals surface area contributed by atoms with Crippen molar-refractivity contribution in [1.29, 1.82) is 0 Å². The van der Waals surface area contributed by atoms with Crippen LogP contribution in [0.15, 0.2) is 18.3 Å². The Morgan fingerprint density at radius 1 is 1.47 bits per heavy atom. The third-order valence-corrected chi connectivity index (χ3v) is 2.99. The zero-order valence-electron chi connectivity index (χ0n) is 9.36. The number of hydrogen-bond acceptors (Lipinski definition) is 3. The maximum Gasteiger partial charge on any atom is 0.213 e. The van der Waals surface area contributed by atoms with E-state index in [0.29, 0.717) is 18.0 Å². The van der Waals surface area contributed by atoms with Crippen molar-refractivity contribution in [3.63, 3.8) is 0 Å². The van der Waals surface area contributed by atoms with E-state index < -0.39 is 0 Å². The Bertz CT molecular complexity index is 327. The summed E-state index contributed by atoms with van der Waals surface area (Å²) in [5, 5.41) is 3.60. The van der Waals surface area contributed by atoms with Gasteiger partial charge in [0.25, 0.3) is 0 Å². The third kappa shape index (κ3) is 2.48. The van der Waals surface area contributed by atoms with Gasteiger partial charge in [0, 0.05) is 24.3 Å². The van der Waals surface area contributed by atoms with E-state index in [9.17, 15) is 0 Å². The van der Waals surface area contributed by atoms with E-state index in [1.54, 1.807) is 7.11 Å². The summed E-state index contributed by atoms with van der Waals surface area (Å²) in [5.74, 6) is 0.701. The van der Waals surface area contributed by atoms with Gasteiger partial charge in [0.2, 0.25) is 5.88 Å². The standard InChI is InChI=1S/C12H18N2O/c1-9-4-3-5-11(14-9)10-6-7-13-12(8-10)15-2/h6-9,11,14H,3-5H2,1-2H3. The maximum atomic E-state index is 5.13. The Balaban J connectivity index is 2.13. The van der Waals surface area contributed by atoms with Gasteiger partial charge in [-0.05, 0) is 31.4 Å². The Morgan fingerprint density at radius 2 is 2.33 bits per heavy atom. The molecule has 15 heavy (non-hydrogen) atoms. The molecule has 0 aliphatic carbocycles. The Morgan fingerprint density at radius 3 is 3.07 bits per heavy atom. The predicted molar refractivity (Wildman–Crippen MR) is 60.0 cm³/mol. The van der Waals surface area contributed by atoms with E-state index in [-0.39, 0.29) is 0 Å². The number of ether oxygens (including phenoxy) is 1. The smallest absolute Gasteiger partial charge is 0.213 e. The molecule has 3 heteroatoms. The molecule has 0 radical (unpaired) electrons. The lowest BCUT2D eigenvalue weighted by Gasteiger charge is -2.29. The van der Waals surface area contributed by atoms with E-state index in [4.69, 9.17) is 4.74 Å². The summed E-state index contributed by atoms with van der Waals surface area (Å²) in [4.78, 5) is 4.12. The van der Waals surface area contributed by atoms with Crippen molar-refractivity contribution in [1.82, 2.24) is 10.3 Å². The fourth-order valence-electron chi connectivity index (χ4n) is 2.15. The molecule has 82 valence electrons. The molecule has 1 aromatic rings. The molecule has 1 aromatic heterocycles. The number of nitrogens with zero attached hydrogens (tertiary/aromatic N) is 1. The number of rotatable bonds is 2. The minimum Gasteiger partial charge on any atom is -0.481 e. The van der Waals surface area contributed by atoms with E-state index >= 15 is 0 Å². The maximum absolute atomic E-state index is 5.13. The molecule has 0 spiro atoms. The highest BCUT2D eigenvalue weighted by molar-refractivity contribution is 5.24. The zero-order valence-corrected chi connectivity index (χ0v) is 9.36. The van der Waals surface area contributed by atoms with Crippen LogP contribution in [0.4, 0.5) is 0 Å². The molecule has 2 atom stereocenters. The highest BCUT2D eigenvalue weighted by Crippen LogP contribution is 2.26. The molecule has 0 saturated carbocycles. The average molecular weight is 206 g/mol. The van der Waals surface area contributed by atoms with Crippen LogP contribution in [0.5, 0.6) is 5.88 Å². The second kappa shape index (κ2) is 4.62. The summed E-state index contributed by atoms with van der Waals surface area (Å²) in [7, 11) is 1.66. The first-order valence-electron chi connectivity index (χ1n) is 5.55. The normalized spacial score (nSPS) is 26.3. The number of methoxy groups -OCH3 is 1. The van der Waals surface area contributed by atoms with Crippen LogP contribution in [0.1, 0.15) is 37.8 Å². The molecule has 2 unspecified atom stereocenters. The van der Waals surface area contributed by atoms with E-state index in [1.807, 2.05) is 12.3 Å². The van der Waals surface area contributed by atoms with Gasteiger partial charge < -0.3 is 10.1 Å². The second-order valence-corrected chi connectivity index (χ2v) is 4.18. The molecule has 1 saturated heterocycles. The van der Waals surface area contributed by atoms with Crippen molar-refractivity contribution < 1.29 is 4.74 Å². The Kier molecular flexibility index (Phi) is 3.21. The minimum atomic E-state index is 0.464. The van der Waals surface area contributed by atoms with Crippen molar-refractivity contribution in [2.24, 2.45) is 0 Å². The van der Waals surface area contributed by atoms with Gasteiger partial charge in [-0.2, -0.15) is 0 Å². The molecule has 1 aliphatic rings. The van der Waals surface area contributed by atoms with Gasteiger partial charge in [-0.1, -0.05) is 6.42 Å². The topological polar surface area (TPSA) is 34.1 Å². The van der Waals surface area contributed by atoms with Gasteiger partial charge in [-0.3, -0.25) is 0 Å². The summed E-state index contributed by atoms with van der Waals surface area (Å²) in [6.45, 7) is 2.24. The fourth-order valence-corrected chi connectivity index (χ4v) is 2.15. The highest BCUT2D eigenvalue weighted by Gasteiger charge is 2.19. The molecular formula is C12H18N2O. The van der Waals surface area contributed by atoms with Crippen LogP contribution in [-0.4, -0.2) is 18.1 Å². The van der Waals surface area contributed by atoms with Crippen LogP contribution in [-0.2, 0) is 0 Å². The van der Waals surface area contributed by atoms with Crippen LogP contribution < -0.4 is 10.1 Å². The van der Waals surface area contributed by atoms with Crippen LogP contribution in [0.2, 0.25) is 0 Å². The summed E-state index contributed by atoms with van der Waals surface area (Å²) in [6, 6.07) is 5.17. The molecule has 0 aromatic carbocycles. The lowest BCUT2D eigenvalue weighted by atomic mass is 9.95. The molecule has 3 nitrogen and oxygen atoms in total. The van der Waals surface area contributed by atoms with Gasteiger partial charge in [-0.15, -0.1) is 0 Å². The first kappa shape index (κ1) is 10.4. The van der Waals surface area contributed by atoms with Gasteiger partial charge in [0.15, 0.2) is 0 Å². The number of hydrogen-bond donors (Lipinski definition) is 1. The molecular weight excluding hydrogens is 188 g/mol.